The first-order valence-corrected chi connectivity index (χ1v) is 12.3. The highest BCUT2D eigenvalue weighted by Crippen LogP contribution is 2.26. The van der Waals surface area contributed by atoms with Crippen molar-refractivity contribution < 1.29 is 14.3 Å². The van der Waals surface area contributed by atoms with Crippen LogP contribution in [0.3, 0.4) is 0 Å². The number of carbonyl (C=O) groups is 2. The molecule has 192 valence electrons. The van der Waals surface area contributed by atoms with Gasteiger partial charge in [-0.15, -0.1) is 0 Å². The van der Waals surface area contributed by atoms with Crippen molar-refractivity contribution in [2.45, 2.75) is 26.4 Å². The molecule has 0 aliphatic heterocycles. The molecular formula is C29H28N6O3. The number of aromatic amines is 1. The molecule has 0 atom stereocenters. The molecule has 0 radical (unpaired) electrons. The largest absolute Gasteiger partial charge is 0.444 e. The van der Waals surface area contributed by atoms with E-state index in [1.165, 1.54) is 0 Å². The first-order valence-electron chi connectivity index (χ1n) is 12.3. The molecular weight excluding hydrogens is 480 g/mol. The molecule has 0 aliphatic rings. The summed E-state index contributed by atoms with van der Waals surface area (Å²) in [6.45, 7) is 5.92. The summed E-state index contributed by atoms with van der Waals surface area (Å²) in [5, 5.41) is 6.53. The molecule has 0 saturated carbocycles. The van der Waals surface area contributed by atoms with Gasteiger partial charge in [0, 0.05) is 47.7 Å². The molecule has 0 bridgehead atoms. The van der Waals surface area contributed by atoms with E-state index in [1.54, 1.807) is 45.3 Å². The van der Waals surface area contributed by atoms with Gasteiger partial charge in [0.2, 0.25) is 0 Å². The Bertz CT molecular complexity index is 1620. The molecule has 0 unspecified atom stereocenters. The predicted molar refractivity (Wildman–Crippen MR) is 147 cm³/mol. The predicted octanol–water partition coefficient (Wildman–Crippen LogP) is 5.09. The minimum absolute atomic E-state index is 0.237. The summed E-state index contributed by atoms with van der Waals surface area (Å²) in [4.78, 5) is 41.1. The molecule has 2 aromatic carbocycles. The summed E-state index contributed by atoms with van der Waals surface area (Å²) in [5.74, 6) is -0.237. The number of rotatable bonds is 6. The topological polar surface area (TPSA) is 122 Å². The van der Waals surface area contributed by atoms with E-state index < -0.39 is 11.7 Å². The number of benzene rings is 2. The van der Waals surface area contributed by atoms with Gasteiger partial charge in [0.05, 0.1) is 11.9 Å². The van der Waals surface area contributed by atoms with Crippen LogP contribution in [-0.4, -0.2) is 50.6 Å². The number of carbonyl (C=O) groups excluding carboxylic acids is 2. The van der Waals surface area contributed by atoms with Gasteiger partial charge in [0.1, 0.15) is 11.1 Å². The maximum absolute atomic E-state index is 12.5. The second-order valence-electron chi connectivity index (χ2n) is 9.86. The quantitative estimate of drug-likeness (QED) is 0.275. The number of nitrogens with one attached hydrogen (secondary N) is 3. The SMILES string of the molecule is CC(C)(C)OC(=O)NCCNC(=O)c1ccc(-c2cnc3cc(-c4ccc5[nH]ccc5c4)cnc3n2)cc1. The van der Waals surface area contributed by atoms with Crippen molar-refractivity contribution >= 4 is 34.1 Å². The zero-order valence-electron chi connectivity index (χ0n) is 21.4. The Morgan fingerprint density at radius 3 is 2.42 bits per heavy atom. The van der Waals surface area contributed by atoms with Crippen molar-refractivity contribution in [1.29, 1.82) is 0 Å². The van der Waals surface area contributed by atoms with E-state index in [1.807, 2.05) is 30.5 Å². The third-order valence-corrected chi connectivity index (χ3v) is 5.81. The van der Waals surface area contributed by atoms with Crippen molar-refractivity contribution in [3.63, 3.8) is 0 Å². The van der Waals surface area contributed by atoms with Crippen molar-refractivity contribution in [2.24, 2.45) is 0 Å². The van der Waals surface area contributed by atoms with E-state index in [9.17, 15) is 9.59 Å². The number of hydrogen-bond donors (Lipinski definition) is 3. The van der Waals surface area contributed by atoms with Crippen LogP contribution in [0.5, 0.6) is 0 Å². The lowest BCUT2D eigenvalue weighted by atomic mass is 10.1. The van der Waals surface area contributed by atoms with Crippen LogP contribution in [0, 0.1) is 0 Å². The van der Waals surface area contributed by atoms with Gasteiger partial charge in [-0.05, 0) is 68.1 Å². The Labute approximate surface area is 219 Å². The van der Waals surface area contributed by atoms with Gasteiger partial charge >= 0.3 is 6.09 Å². The summed E-state index contributed by atoms with van der Waals surface area (Å²) < 4.78 is 5.17. The molecule has 3 N–H and O–H groups in total. The second kappa shape index (κ2) is 10.3. The van der Waals surface area contributed by atoms with Gasteiger partial charge in [0.15, 0.2) is 5.65 Å². The van der Waals surface area contributed by atoms with Crippen LogP contribution in [0.15, 0.2) is 73.2 Å². The van der Waals surface area contributed by atoms with Crippen LogP contribution < -0.4 is 10.6 Å². The second-order valence-corrected chi connectivity index (χ2v) is 9.86. The zero-order valence-corrected chi connectivity index (χ0v) is 21.4. The molecule has 9 heteroatoms. The fraction of sp³-hybridized carbons (Fsp3) is 0.207. The van der Waals surface area contributed by atoms with Crippen LogP contribution in [-0.2, 0) is 4.74 Å². The number of ether oxygens (including phenoxy) is 1. The third kappa shape index (κ3) is 5.78. The summed E-state index contributed by atoms with van der Waals surface area (Å²) in [6, 6.07) is 17.3. The first kappa shape index (κ1) is 24.9. The van der Waals surface area contributed by atoms with Gasteiger partial charge in [0.25, 0.3) is 5.91 Å². The van der Waals surface area contributed by atoms with Gasteiger partial charge in [-0.3, -0.25) is 9.78 Å². The molecule has 0 spiro atoms. The number of amides is 2. The Morgan fingerprint density at radius 1 is 0.868 bits per heavy atom. The molecule has 2 amide bonds. The Kier molecular flexibility index (Phi) is 6.74. The van der Waals surface area contributed by atoms with E-state index in [4.69, 9.17) is 4.74 Å². The Balaban J connectivity index is 1.22. The fourth-order valence-electron chi connectivity index (χ4n) is 3.98. The number of H-pyrrole nitrogens is 1. The van der Waals surface area contributed by atoms with E-state index in [0.717, 1.165) is 27.6 Å². The van der Waals surface area contributed by atoms with Gasteiger partial charge in [-0.25, -0.2) is 14.8 Å². The van der Waals surface area contributed by atoms with Crippen molar-refractivity contribution in [3.8, 4) is 22.4 Å². The van der Waals surface area contributed by atoms with Crippen LogP contribution in [0.25, 0.3) is 44.5 Å². The molecule has 3 heterocycles. The summed E-state index contributed by atoms with van der Waals surface area (Å²) in [5.41, 5.74) is 5.80. The molecule has 38 heavy (non-hydrogen) atoms. The van der Waals surface area contributed by atoms with Crippen LogP contribution >= 0.6 is 0 Å². The molecule has 0 saturated heterocycles. The van der Waals surface area contributed by atoms with Gasteiger partial charge in [-0.1, -0.05) is 18.2 Å². The number of alkyl carbamates (subject to hydrolysis) is 1. The molecule has 5 aromatic rings. The molecule has 9 nitrogen and oxygen atoms in total. The highest BCUT2D eigenvalue weighted by molar-refractivity contribution is 5.94. The summed E-state index contributed by atoms with van der Waals surface area (Å²) in [6.07, 6.45) is 4.92. The van der Waals surface area contributed by atoms with Crippen LogP contribution in [0.1, 0.15) is 31.1 Å². The monoisotopic (exact) mass is 508 g/mol. The molecule has 0 fully saturated rings. The minimum Gasteiger partial charge on any atom is -0.444 e. The van der Waals surface area contributed by atoms with E-state index in [0.29, 0.717) is 22.4 Å². The first-order chi connectivity index (χ1) is 18.2. The van der Waals surface area contributed by atoms with Crippen LogP contribution in [0.2, 0.25) is 0 Å². The highest BCUT2D eigenvalue weighted by atomic mass is 16.6. The highest BCUT2D eigenvalue weighted by Gasteiger charge is 2.15. The number of aromatic nitrogens is 4. The van der Waals surface area contributed by atoms with Crippen LogP contribution in [0.4, 0.5) is 4.79 Å². The average Bonchev–Trinajstić information content (AvgIpc) is 3.37. The normalized spacial score (nSPS) is 11.4. The molecule has 5 rings (SSSR count). The lowest BCUT2D eigenvalue weighted by Crippen LogP contribution is -2.37. The standard InChI is InChI=1S/C29H28N6O3/c1-29(2,3)38-28(37)32-13-12-31-27(36)19-6-4-18(5-7-19)25-17-33-24-15-22(16-34-26(24)35-25)20-8-9-23-21(14-20)10-11-30-23/h4-11,14-17,30H,12-13H2,1-3H3,(H,31,36)(H,32,37). The van der Waals surface area contributed by atoms with E-state index in [2.05, 4.69) is 48.8 Å². The number of nitrogens with zero attached hydrogens (tertiary/aromatic N) is 3. The third-order valence-electron chi connectivity index (χ3n) is 5.81. The number of fused-ring (bicyclic) bond motifs is 2. The Morgan fingerprint density at radius 2 is 1.63 bits per heavy atom. The van der Waals surface area contributed by atoms with E-state index in [-0.39, 0.29) is 19.0 Å². The average molecular weight is 509 g/mol. The smallest absolute Gasteiger partial charge is 0.407 e. The lowest BCUT2D eigenvalue weighted by Gasteiger charge is -2.19. The maximum atomic E-state index is 12.5. The van der Waals surface area contributed by atoms with E-state index >= 15 is 0 Å². The van der Waals surface area contributed by atoms with Crippen molar-refractivity contribution in [2.75, 3.05) is 13.1 Å². The zero-order chi connectivity index (χ0) is 26.7. The number of hydrogen-bond acceptors (Lipinski definition) is 6. The Hall–Kier alpha value is -4.79. The maximum Gasteiger partial charge on any atom is 0.407 e. The lowest BCUT2D eigenvalue weighted by molar-refractivity contribution is 0.0526. The molecule has 0 aliphatic carbocycles. The van der Waals surface area contributed by atoms with Gasteiger partial charge < -0.3 is 20.4 Å². The van der Waals surface area contributed by atoms with Crippen molar-refractivity contribution in [1.82, 2.24) is 30.6 Å². The minimum atomic E-state index is -0.568. The number of pyridine rings is 1. The molecule has 3 aromatic heterocycles. The van der Waals surface area contributed by atoms with Gasteiger partial charge in [-0.2, -0.15) is 0 Å². The van der Waals surface area contributed by atoms with Crippen molar-refractivity contribution in [3.05, 3.63) is 78.8 Å². The summed E-state index contributed by atoms with van der Waals surface area (Å²) in [7, 11) is 0. The fourth-order valence-corrected chi connectivity index (χ4v) is 3.98. The summed E-state index contributed by atoms with van der Waals surface area (Å²) >= 11 is 0.